The molecule has 0 bridgehead atoms. The predicted molar refractivity (Wildman–Crippen MR) is 115 cm³/mol. The lowest BCUT2D eigenvalue weighted by Crippen LogP contribution is -2.30. The van der Waals surface area contributed by atoms with Crippen molar-refractivity contribution in [3.63, 3.8) is 0 Å². The van der Waals surface area contributed by atoms with E-state index in [1.807, 2.05) is 69.6 Å². The summed E-state index contributed by atoms with van der Waals surface area (Å²) in [6, 6.07) is 23.5. The van der Waals surface area contributed by atoms with Gasteiger partial charge in [0.2, 0.25) is 0 Å². The van der Waals surface area contributed by atoms with Crippen molar-refractivity contribution >= 4 is 17.3 Å². The fourth-order valence-corrected chi connectivity index (χ4v) is 2.98. The topological polar surface area (TPSA) is 32.8 Å². The molecule has 1 amide bonds. The van der Waals surface area contributed by atoms with Crippen LogP contribution in [0.4, 0.5) is 11.4 Å². The maximum Gasteiger partial charge on any atom is 0.258 e. The molecule has 0 fully saturated rings. The van der Waals surface area contributed by atoms with Gasteiger partial charge in [0.1, 0.15) is 5.75 Å². The number of nitrogens with zero attached hydrogens (tertiary/aromatic N) is 2. The van der Waals surface area contributed by atoms with Gasteiger partial charge in [-0.3, -0.25) is 4.79 Å². The number of carbonyl (C=O) groups is 1. The second-order valence-electron chi connectivity index (χ2n) is 7.02. The van der Waals surface area contributed by atoms with Gasteiger partial charge >= 0.3 is 0 Å². The van der Waals surface area contributed by atoms with Crippen LogP contribution in [0.5, 0.6) is 5.75 Å². The van der Waals surface area contributed by atoms with E-state index < -0.39 is 0 Å². The highest BCUT2D eigenvalue weighted by Crippen LogP contribution is 2.24. The van der Waals surface area contributed by atoms with Crippen molar-refractivity contribution in [1.82, 2.24) is 0 Å². The van der Waals surface area contributed by atoms with E-state index in [4.69, 9.17) is 4.74 Å². The Morgan fingerprint density at radius 1 is 0.821 bits per heavy atom. The molecule has 4 nitrogen and oxygen atoms in total. The van der Waals surface area contributed by atoms with Crippen molar-refractivity contribution in [2.45, 2.75) is 13.5 Å². The molecule has 28 heavy (non-hydrogen) atoms. The summed E-state index contributed by atoms with van der Waals surface area (Å²) in [7, 11) is 5.66. The molecule has 4 heteroatoms. The maximum atomic E-state index is 13.3. The summed E-state index contributed by atoms with van der Waals surface area (Å²) in [5.74, 6) is 0.740. The minimum Gasteiger partial charge on any atom is -0.497 e. The largest absolute Gasteiger partial charge is 0.497 e. The first kappa shape index (κ1) is 19.5. The molecular weight excluding hydrogens is 348 g/mol. The van der Waals surface area contributed by atoms with Crippen molar-refractivity contribution in [3.8, 4) is 5.75 Å². The lowest BCUT2D eigenvalue weighted by Gasteiger charge is -2.24. The fraction of sp³-hybridized carbons (Fsp3) is 0.208. The molecule has 0 aliphatic heterocycles. The van der Waals surface area contributed by atoms with Gasteiger partial charge in [-0.1, -0.05) is 29.8 Å². The Labute approximate surface area is 167 Å². The molecule has 0 atom stereocenters. The Hall–Kier alpha value is -3.27. The molecule has 0 heterocycles. The lowest BCUT2D eigenvalue weighted by atomic mass is 10.1. The van der Waals surface area contributed by atoms with Crippen molar-refractivity contribution in [1.29, 1.82) is 0 Å². The van der Waals surface area contributed by atoms with Crippen LogP contribution in [0.3, 0.4) is 0 Å². The molecule has 0 unspecified atom stereocenters. The van der Waals surface area contributed by atoms with Crippen LogP contribution in [0, 0.1) is 6.92 Å². The van der Waals surface area contributed by atoms with Crippen LogP contribution in [0.25, 0.3) is 0 Å². The number of amides is 1. The molecule has 0 saturated heterocycles. The van der Waals surface area contributed by atoms with Crippen LogP contribution in [-0.4, -0.2) is 27.1 Å². The van der Waals surface area contributed by atoms with E-state index >= 15 is 0 Å². The van der Waals surface area contributed by atoms with Crippen molar-refractivity contribution in [2.24, 2.45) is 0 Å². The predicted octanol–water partition coefficient (Wildman–Crippen LogP) is 4.92. The van der Waals surface area contributed by atoms with Crippen LogP contribution < -0.4 is 14.5 Å². The minimum absolute atomic E-state index is 0.0261. The SMILES string of the molecule is COc1ccc(N(Cc2ccc(N(C)C)cc2)C(=O)c2ccc(C)cc2)cc1. The van der Waals surface area contributed by atoms with Crippen LogP contribution in [0.2, 0.25) is 0 Å². The second-order valence-corrected chi connectivity index (χ2v) is 7.02. The van der Waals surface area contributed by atoms with Crippen molar-refractivity contribution in [3.05, 3.63) is 89.5 Å². The van der Waals surface area contributed by atoms with Gasteiger partial charge in [0.25, 0.3) is 5.91 Å². The lowest BCUT2D eigenvalue weighted by molar-refractivity contribution is 0.0985. The molecule has 0 saturated carbocycles. The van der Waals surface area contributed by atoms with Crippen LogP contribution >= 0.6 is 0 Å². The molecule has 3 aromatic carbocycles. The third kappa shape index (κ3) is 4.52. The van der Waals surface area contributed by atoms with E-state index in [2.05, 4.69) is 29.2 Å². The number of carbonyl (C=O) groups excluding carboxylic acids is 1. The molecule has 144 valence electrons. The maximum absolute atomic E-state index is 13.3. The number of anilines is 2. The summed E-state index contributed by atoms with van der Waals surface area (Å²) in [4.78, 5) is 17.1. The first-order chi connectivity index (χ1) is 13.5. The first-order valence-electron chi connectivity index (χ1n) is 9.27. The van der Waals surface area contributed by atoms with Crippen molar-refractivity contribution < 1.29 is 9.53 Å². The Morgan fingerprint density at radius 2 is 1.39 bits per heavy atom. The zero-order valence-corrected chi connectivity index (χ0v) is 16.8. The smallest absolute Gasteiger partial charge is 0.258 e. The Balaban J connectivity index is 1.93. The van der Waals surface area contributed by atoms with Gasteiger partial charge in [-0.15, -0.1) is 0 Å². The highest BCUT2D eigenvalue weighted by molar-refractivity contribution is 6.06. The first-order valence-corrected chi connectivity index (χ1v) is 9.27. The number of hydrogen-bond acceptors (Lipinski definition) is 3. The second kappa shape index (κ2) is 8.61. The van der Waals surface area contributed by atoms with Gasteiger partial charge in [0.15, 0.2) is 0 Å². The zero-order chi connectivity index (χ0) is 20.1. The van der Waals surface area contributed by atoms with Gasteiger partial charge < -0.3 is 14.5 Å². The molecule has 0 radical (unpaired) electrons. The Kier molecular flexibility index (Phi) is 5.99. The van der Waals surface area contributed by atoms with E-state index in [0.717, 1.165) is 28.3 Å². The van der Waals surface area contributed by atoms with E-state index in [1.165, 1.54) is 0 Å². The van der Waals surface area contributed by atoms with Crippen molar-refractivity contribution in [2.75, 3.05) is 31.0 Å². The third-order valence-corrected chi connectivity index (χ3v) is 4.72. The summed E-state index contributed by atoms with van der Waals surface area (Å²) in [6.45, 7) is 2.51. The highest BCUT2D eigenvalue weighted by atomic mass is 16.5. The van der Waals surface area contributed by atoms with Crippen LogP contribution in [-0.2, 0) is 6.54 Å². The molecule has 0 spiro atoms. The minimum atomic E-state index is -0.0261. The van der Waals surface area contributed by atoms with Gasteiger partial charge in [-0.05, 0) is 61.0 Å². The average molecular weight is 374 g/mol. The zero-order valence-electron chi connectivity index (χ0n) is 16.8. The summed E-state index contributed by atoms with van der Waals surface area (Å²) in [5.41, 5.74) is 4.84. The summed E-state index contributed by atoms with van der Waals surface area (Å²) in [6.07, 6.45) is 0. The number of hydrogen-bond donors (Lipinski definition) is 0. The number of aryl methyl sites for hydroxylation is 1. The van der Waals surface area contributed by atoms with E-state index in [9.17, 15) is 4.79 Å². The highest BCUT2D eigenvalue weighted by Gasteiger charge is 2.18. The fourth-order valence-electron chi connectivity index (χ4n) is 2.98. The summed E-state index contributed by atoms with van der Waals surface area (Å²) < 4.78 is 5.25. The molecule has 0 N–H and O–H groups in total. The normalized spacial score (nSPS) is 10.4. The van der Waals surface area contributed by atoms with Crippen LogP contribution in [0.15, 0.2) is 72.8 Å². The number of ether oxygens (including phenoxy) is 1. The van der Waals surface area contributed by atoms with Gasteiger partial charge in [-0.25, -0.2) is 0 Å². The summed E-state index contributed by atoms with van der Waals surface area (Å²) >= 11 is 0. The van der Waals surface area contributed by atoms with E-state index in [0.29, 0.717) is 12.1 Å². The Morgan fingerprint density at radius 3 is 1.93 bits per heavy atom. The number of benzene rings is 3. The van der Waals surface area contributed by atoms with Gasteiger partial charge in [-0.2, -0.15) is 0 Å². The molecule has 0 aliphatic rings. The standard InChI is InChI=1S/C24H26N2O2/c1-18-5-9-20(10-6-18)24(27)26(22-13-15-23(28-4)16-14-22)17-19-7-11-21(12-8-19)25(2)3/h5-16H,17H2,1-4H3. The third-order valence-electron chi connectivity index (χ3n) is 4.72. The van der Waals surface area contributed by atoms with E-state index in [1.54, 1.807) is 12.0 Å². The van der Waals surface area contributed by atoms with Gasteiger partial charge in [0.05, 0.1) is 13.7 Å². The molecule has 3 aromatic rings. The number of methoxy groups -OCH3 is 1. The van der Waals surface area contributed by atoms with Crippen LogP contribution in [0.1, 0.15) is 21.5 Å². The van der Waals surface area contributed by atoms with Gasteiger partial charge in [0, 0.05) is 31.0 Å². The molecular formula is C24H26N2O2. The average Bonchev–Trinajstić information content (AvgIpc) is 2.72. The molecule has 3 rings (SSSR count). The molecule has 0 aromatic heterocycles. The monoisotopic (exact) mass is 374 g/mol. The van der Waals surface area contributed by atoms with E-state index in [-0.39, 0.29) is 5.91 Å². The summed E-state index contributed by atoms with van der Waals surface area (Å²) in [5, 5.41) is 0. The quantitative estimate of drug-likeness (QED) is 0.614. The number of rotatable bonds is 6. The molecule has 0 aliphatic carbocycles. The Bertz CT molecular complexity index is 914.